The number of fused-ring (bicyclic) bond motifs is 1. The molecule has 0 bridgehead atoms. The van der Waals surface area contributed by atoms with Gasteiger partial charge >= 0.3 is 0 Å². The van der Waals surface area contributed by atoms with Crippen LogP contribution in [0, 0.1) is 17.5 Å². The van der Waals surface area contributed by atoms with Crippen LogP contribution >= 0.6 is 0 Å². The molecule has 0 aliphatic heterocycles. The molecule has 0 atom stereocenters. The maximum absolute atomic E-state index is 13.4. The number of halogens is 3. The highest BCUT2D eigenvalue weighted by Gasteiger charge is 2.12. The first kappa shape index (κ1) is 12.6. The zero-order valence-electron chi connectivity index (χ0n) is 10.3. The van der Waals surface area contributed by atoms with Crippen LogP contribution in [0.4, 0.5) is 18.9 Å². The van der Waals surface area contributed by atoms with E-state index < -0.39 is 17.5 Å². The van der Waals surface area contributed by atoms with Crippen molar-refractivity contribution in [3.05, 3.63) is 65.7 Å². The average Bonchev–Trinajstić information content (AvgIpc) is 2.80. The number of hydrogen-bond acceptors (Lipinski definition) is 2. The summed E-state index contributed by atoms with van der Waals surface area (Å²) in [6.07, 6.45) is 0. The summed E-state index contributed by atoms with van der Waals surface area (Å²) in [6.45, 7) is 0.105. The van der Waals surface area contributed by atoms with E-state index in [-0.39, 0.29) is 12.2 Å². The highest BCUT2D eigenvalue weighted by atomic mass is 19.1. The van der Waals surface area contributed by atoms with Gasteiger partial charge in [-0.15, -0.1) is 0 Å². The van der Waals surface area contributed by atoms with E-state index in [0.29, 0.717) is 23.5 Å². The van der Waals surface area contributed by atoms with Gasteiger partial charge in [0.25, 0.3) is 0 Å². The second-order valence-corrected chi connectivity index (χ2v) is 4.35. The van der Waals surface area contributed by atoms with Crippen molar-refractivity contribution >= 4 is 16.7 Å². The highest BCUT2D eigenvalue weighted by Crippen LogP contribution is 2.23. The second-order valence-electron chi connectivity index (χ2n) is 4.35. The molecule has 0 amide bonds. The molecule has 0 fully saturated rings. The number of nitrogens with one attached hydrogen (secondary N) is 1. The first-order chi connectivity index (χ1) is 9.63. The predicted molar refractivity (Wildman–Crippen MR) is 69.9 cm³/mol. The fourth-order valence-corrected chi connectivity index (χ4v) is 2.01. The molecular weight excluding hydrogens is 267 g/mol. The van der Waals surface area contributed by atoms with Gasteiger partial charge in [0.1, 0.15) is 22.8 Å². The summed E-state index contributed by atoms with van der Waals surface area (Å²) in [4.78, 5) is 0. The van der Waals surface area contributed by atoms with Gasteiger partial charge in [-0.2, -0.15) is 0 Å². The molecule has 0 aliphatic rings. The van der Waals surface area contributed by atoms with E-state index in [0.717, 1.165) is 5.39 Å². The quantitative estimate of drug-likeness (QED) is 0.764. The number of hydrogen-bond donors (Lipinski definition) is 1. The standard InChI is InChI=1S/C15H10F3NO/c16-10-6-12(17)15(13(18)7-10)19-8-11-5-9-3-1-2-4-14(9)20-11/h1-7,19H,8H2. The Bertz CT molecular complexity index is 711. The zero-order chi connectivity index (χ0) is 14.1. The van der Waals surface area contributed by atoms with Gasteiger partial charge in [0.2, 0.25) is 0 Å². The van der Waals surface area contributed by atoms with Crippen molar-refractivity contribution in [2.45, 2.75) is 6.54 Å². The Morgan fingerprint density at radius 1 is 0.950 bits per heavy atom. The summed E-state index contributed by atoms with van der Waals surface area (Å²) in [6, 6.07) is 10.4. The molecule has 2 nitrogen and oxygen atoms in total. The molecule has 1 heterocycles. The van der Waals surface area contributed by atoms with Crippen LogP contribution in [-0.4, -0.2) is 0 Å². The highest BCUT2D eigenvalue weighted by molar-refractivity contribution is 5.77. The molecule has 1 aromatic heterocycles. The maximum Gasteiger partial charge on any atom is 0.152 e. The van der Waals surface area contributed by atoms with E-state index in [1.165, 1.54) is 0 Å². The third-order valence-corrected chi connectivity index (χ3v) is 2.92. The zero-order valence-corrected chi connectivity index (χ0v) is 10.3. The van der Waals surface area contributed by atoms with Gasteiger partial charge in [-0.05, 0) is 12.1 Å². The van der Waals surface area contributed by atoms with Crippen molar-refractivity contribution < 1.29 is 17.6 Å². The first-order valence-electron chi connectivity index (χ1n) is 5.99. The Balaban J connectivity index is 1.83. The van der Waals surface area contributed by atoms with Crippen LogP contribution in [0.25, 0.3) is 11.0 Å². The molecule has 3 rings (SSSR count). The second kappa shape index (κ2) is 4.92. The van der Waals surface area contributed by atoms with Crippen LogP contribution in [0.5, 0.6) is 0 Å². The van der Waals surface area contributed by atoms with Crippen LogP contribution in [0.2, 0.25) is 0 Å². The summed E-state index contributed by atoms with van der Waals surface area (Å²) >= 11 is 0. The number of rotatable bonds is 3. The molecule has 20 heavy (non-hydrogen) atoms. The van der Waals surface area contributed by atoms with Gasteiger partial charge in [-0.25, -0.2) is 13.2 Å². The molecule has 0 saturated heterocycles. The lowest BCUT2D eigenvalue weighted by molar-refractivity contribution is 0.539. The fraction of sp³-hybridized carbons (Fsp3) is 0.0667. The van der Waals surface area contributed by atoms with Crippen molar-refractivity contribution in [1.29, 1.82) is 0 Å². The van der Waals surface area contributed by atoms with E-state index in [9.17, 15) is 13.2 Å². The number of benzene rings is 2. The molecule has 0 spiro atoms. The van der Waals surface area contributed by atoms with Crippen LogP contribution in [0.15, 0.2) is 46.9 Å². The molecular formula is C15H10F3NO. The Morgan fingerprint density at radius 3 is 2.35 bits per heavy atom. The minimum absolute atomic E-state index is 0.105. The lowest BCUT2D eigenvalue weighted by atomic mass is 10.2. The van der Waals surface area contributed by atoms with Gasteiger partial charge in [-0.1, -0.05) is 18.2 Å². The molecule has 3 aromatic rings. The van der Waals surface area contributed by atoms with E-state index in [1.54, 1.807) is 12.1 Å². The predicted octanol–water partition coefficient (Wildman–Crippen LogP) is 4.46. The van der Waals surface area contributed by atoms with Gasteiger partial charge < -0.3 is 9.73 Å². The molecule has 1 N–H and O–H groups in total. The normalized spacial score (nSPS) is 10.9. The summed E-state index contributed by atoms with van der Waals surface area (Å²) < 4.78 is 45.2. The first-order valence-corrected chi connectivity index (χ1v) is 5.99. The smallest absolute Gasteiger partial charge is 0.152 e. The van der Waals surface area contributed by atoms with E-state index in [1.807, 2.05) is 18.2 Å². The monoisotopic (exact) mass is 277 g/mol. The van der Waals surface area contributed by atoms with E-state index in [2.05, 4.69) is 5.32 Å². The number of anilines is 1. The topological polar surface area (TPSA) is 25.2 Å². The molecule has 0 unspecified atom stereocenters. The van der Waals surface area contributed by atoms with Crippen molar-refractivity contribution in [2.75, 3.05) is 5.32 Å². The van der Waals surface area contributed by atoms with Crippen molar-refractivity contribution in [1.82, 2.24) is 0 Å². The largest absolute Gasteiger partial charge is 0.459 e. The minimum atomic E-state index is -0.974. The molecule has 0 saturated carbocycles. The SMILES string of the molecule is Fc1cc(F)c(NCc2cc3ccccc3o2)c(F)c1. The lowest BCUT2D eigenvalue weighted by Crippen LogP contribution is -2.03. The Morgan fingerprint density at radius 2 is 1.65 bits per heavy atom. The van der Waals surface area contributed by atoms with Gasteiger partial charge in [0.15, 0.2) is 11.6 Å². The van der Waals surface area contributed by atoms with Crippen LogP contribution in [0.3, 0.4) is 0 Å². The van der Waals surface area contributed by atoms with Crippen molar-refractivity contribution in [2.24, 2.45) is 0 Å². The summed E-state index contributed by atoms with van der Waals surface area (Å²) in [5.41, 5.74) is 0.330. The molecule has 0 aliphatic carbocycles. The molecule has 0 radical (unpaired) electrons. The maximum atomic E-state index is 13.4. The van der Waals surface area contributed by atoms with Crippen LogP contribution < -0.4 is 5.32 Å². The fourth-order valence-electron chi connectivity index (χ4n) is 2.01. The Kier molecular flexibility index (Phi) is 3.10. The van der Waals surface area contributed by atoms with Crippen molar-refractivity contribution in [3.63, 3.8) is 0 Å². The molecule has 102 valence electrons. The van der Waals surface area contributed by atoms with Crippen LogP contribution in [0.1, 0.15) is 5.76 Å². The lowest BCUT2D eigenvalue weighted by Gasteiger charge is -2.07. The number of para-hydroxylation sites is 1. The van der Waals surface area contributed by atoms with E-state index in [4.69, 9.17) is 4.42 Å². The third kappa shape index (κ3) is 2.34. The summed E-state index contributed by atoms with van der Waals surface area (Å²) in [5.74, 6) is -2.36. The van der Waals surface area contributed by atoms with Crippen LogP contribution in [-0.2, 0) is 6.54 Å². The van der Waals surface area contributed by atoms with Gasteiger partial charge in [-0.3, -0.25) is 0 Å². The Labute approximate surface area is 112 Å². The van der Waals surface area contributed by atoms with E-state index >= 15 is 0 Å². The van der Waals surface area contributed by atoms with Crippen molar-refractivity contribution in [3.8, 4) is 0 Å². The van der Waals surface area contributed by atoms with Gasteiger partial charge in [0, 0.05) is 17.5 Å². The summed E-state index contributed by atoms with van der Waals surface area (Å²) in [5, 5.41) is 3.48. The average molecular weight is 277 g/mol. The van der Waals surface area contributed by atoms with Gasteiger partial charge in [0.05, 0.1) is 6.54 Å². The number of furan rings is 1. The minimum Gasteiger partial charge on any atom is -0.459 e. The molecule has 2 aromatic carbocycles. The third-order valence-electron chi connectivity index (χ3n) is 2.92. The Hall–Kier alpha value is -2.43. The summed E-state index contributed by atoms with van der Waals surface area (Å²) in [7, 11) is 0. The molecule has 5 heteroatoms.